The Bertz CT molecular complexity index is 1120. The number of hydrogen-bond acceptors (Lipinski definition) is 8. The molecule has 182 valence electrons. The molecule has 8 nitrogen and oxygen atoms in total. The summed E-state index contributed by atoms with van der Waals surface area (Å²) in [5.74, 6) is 1.22. The maximum atomic E-state index is 12.8. The standard InChI is InChI=1S/C23H27F3N6O2/c1-27-17-4-2-16(3-5-17)21-28-19-18(15-6-8-31(9-7-15)14-23(24,25)26)30-34-20(19)22(29-21)32-10-12-33-13-11-32/h2-5,15,27H,6-14H2,1H3. The van der Waals surface area contributed by atoms with E-state index in [9.17, 15) is 13.2 Å². The fraction of sp³-hybridized carbons (Fsp3) is 0.522. The highest BCUT2D eigenvalue weighted by Gasteiger charge is 2.34. The number of piperidine rings is 1. The van der Waals surface area contributed by atoms with E-state index in [1.54, 1.807) is 0 Å². The zero-order chi connectivity index (χ0) is 23.7. The quantitative estimate of drug-likeness (QED) is 0.594. The Morgan fingerprint density at radius 2 is 1.74 bits per heavy atom. The lowest BCUT2D eigenvalue weighted by Gasteiger charge is -2.31. The minimum absolute atomic E-state index is 0.0160. The summed E-state index contributed by atoms with van der Waals surface area (Å²) in [4.78, 5) is 13.2. The number of morpholine rings is 1. The highest BCUT2D eigenvalue weighted by atomic mass is 19.4. The SMILES string of the molecule is CNc1ccc(-c2nc(N3CCOCC3)c3onc(C4CCN(CC(F)(F)F)CC4)c3n2)cc1. The molecular formula is C23H27F3N6O2. The molecule has 1 N–H and O–H groups in total. The van der Waals surface area contributed by atoms with Gasteiger partial charge in [0.05, 0.1) is 19.8 Å². The molecule has 1 aromatic carbocycles. The summed E-state index contributed by atoms with van der Waals surface area (Å²) >= 11 is 0. The van der Waals surface area contributed by atoms with Gasteiger partial charge in [-0.05, 0) is 50.2 Å². The molecule has 3 aromatic rings. The summed E-state index contributed by atoms with van der Waals surface area (Å²) in [5, 5.41) is 7.45. The molecule has 0 radical (unpaired) electrons. The van der Waals surface area contributed by atoms with Crippen molar-refractivity contribution in [1.29, 1.82) is 0 Å². The fourth-order valence-corrected chi connectivity index (χ4v) is 4.62. The van der Waals surface area contributed by atoms with Gasteiger partial charge in [0.1, 0.15) is 11.2 Å². The number of aromatic nitrogens is 3. The van der Waals surface area contributed by atoms with E-state index < -0.39 is 12.7 Å². The molecular weight excluding hydrogens is 449 g/mol. The Balaban J connectivity index is 1.50. The van der Waals surface area contributed by atoms with E-state index in [1.165, 1.54) is 4.90 Å². The Hall–Kier alpha value is -2.92. The van der Waals surface area contributed by atoms with Gasteiger partial charge >= 0.3 is 6.18 Å². The first kappa shape index (κ1) is 22.9. The Labute approximate surface area is 195 Å². The average molecular weight is 477 g/mol. The molecule has 0 amide bonds. The van der Waals surface area contributed by atoms with Crippen molar-refractivity contribution in [2.24, 2.45) is 0 Å². The van der Waals surface area contributed by atoms with Crippen LogP contribution in [0.5, 0.6) is 0 Å². The molecule has 2 aliphatic rings. The van der Waals surface area contributed by atoms with Gasteiger partial charge in [0.2, 0.25) is 5.58 Å². The normalized spacial score (nSPS) is 18.5. The van der Waals surface area contributed by atoms with Crippen LogP contribution >= 0.6 is 0 Å². The number of rotatable bonds is 5. The number of halogens is 3. The third-order valence-corrected chi connectivity index (χ3v) is 6.45. The van der Waals surface area contributed by atoms with E-state index >= 15 is 0 Å². The van der Waals surface area contributed by atoms with Crippen LogP contribution in [0.1, 0.15) is 24.5 Å². The van der Waals surface area contributed by atoms with Crippen molar-refractivity contribution in [2.45, 2.75) is 24.9 Å². The van der Waals surface area contributed by atoms with Crippen LogP contribution in [-0.2, 0) is 4.74 Å². The second-order valence-electron chi connectivity index (χ2n) is 8.71. The zero-order valence-corrected chi connectivity index (χ0v) is 18.9. The van der Waals surface area contributed by atoms with Crippen LogP contribution in [0.15, 0.2) is 28.8 Å². The minimum Gasteiger partial charge on any atom is -0.388 e. The first-order valence-corrected chi connectivity index (χ1v) is 11.5. The van der Waals surface area contributed by atoms with Gasteiger partial charge in [-0.15, -0.1) is 0 Å². The molecule has 4 heterocycles. The monoisotopic (exact) mass is 476 g/mol. The van der Waals surface area contributed by atoms with Crippen LogP contribution in [0.2, 0.25) is 0 Å². The highest BCUT2D eigenvalue weighted by Crippen LogP contribution is 2.36. The second-order valence-corrected chi connectivity index (χ2v) is 8.71. The van der Waals surface area contributed by atoms with E-state index in [2.05, 4.69) is 15.4 Å². The largest absolute Gasteiger partial charge is 0.401 e. The Kier molecular flexibility index (Phi) is 6.30. The number of nitrogens with one attached hydrogen (secondary N) is 1. The van der Waals surface area contributed by atoms with Gasteiger partial charge in [-0.2, -0.15) is 13.2 Å². The Morgan fingerprint density at radius 3 is 2.38 bits per heavy atom. The van der Waals surface area contributed by atoms with Gasteiger partial charge in [0.25, 0.3) is 0 Å². The molecule has 0 unspecified atom stereocenters. The lowest BCUT2D eigenvalue weighted by molar-refractivity contribution is -0.148. The molecule has 11 heteroatoms. The summed E-state index contributed by atoms with van der Waals surface area (Å²) < 4.78 is 49.6. The van der Waals surface area contributed by atoms with Gasteiger partial charge in [0, 0.05) is 37.3 Å². The van der Waals surface area contributed by atoms with Gasteiger partial charge in [0.15, 0.2) is 11.6 Å². The number of benzene rings is 1. The molecule has 0 spiro atoms. The van der Waals surface area contributed by atoms with E-state index in [-0.39, 0.29) is 5.92 Å². The number of ether oxygens (including phenoxy) is 1. The smallest absolute Gasteiger partial charge is 0.388 e. The highest BCUT2D eigenvalue weighted by molar-refractivity contribution is 5.88. The number of anilines is 2. The van der Waals surface area contributed by atoms with Crippen LogP contribution in [0, 0.1) is 0 Å². The molecule has 2 saturated heterocycles. The van der Waals surface area contributed by atoms with Gasteiger partial charge in [-0.1, -0.05) is 5.16 Å². The summed E-state index contributed by atoms with van der Waals surface area (Å²) in [6.45, 7) is 2.38. The van der Waals surface area contributed by atoms with Crippen molar-refractivity contribution in [2.75, 3.05) is 63.2 Å². The van der Waals surface area contributed by atoms with Crippen molar-refractivity contribution < 1.29 is 22.4 Å². The lowest BCUT2D eigenvalue weighted by Crippen LogP contribution is -2.39. The average Bonchev–Trinajstić information content (AvgIpc) is 3.28. The van der Waals surface area contributed by atoms with E-state index in [0.717, 1.165) is 11.3 Å². The van der Waals surface area contributed by atoms with Crippen LogP contribution < -0.4 is 10.2 Å². The number of fused-ring (bicyclic) bond motifs is 1. The lowest BCUT2D eigenvalue weighted by atomic mass is 9.93. The molecule has 5 rings (SSSR count). The second kappa shape index (κ2) is 9.38. The van der Waals surface area contributed by atoms with E-state index in [0.29, 0.717) is 80.7 Å². The van der Waals surface area contributed by atoms with Crippen LogP contribution in [0.3, 0.4) is 0 Å². The minimum atomic E-state index is -4.19. The third kappa shape index (κ3) is 4.80. The molecule has 0 bridgehead atoms. The maximum Gasteiger partial charge on any atom is 0.401 e. The molecule has 0 saturated carbocycles. The predicted octanol–water partition coefficient (Wildman–Crippen LogP) is 3.90. The summed E-state index contributed by atoms with van der Waals surface area (Å²) in [6, 6.07) is 7.84. The zero-order valence-electron chi connectivity index (χ0n) is 18.9. The van der Waals surface area contributed by atoms with E-state index in [4.69, 9.17) is 19.2 Å². The molecule has 34 heavy (non-hydrogen) atoms. The molecule has 2 aliphatic heterocycles. The number of hydrogen-bond donors (Lipinski definition) is 1. The van der Waals surface area contributed by atoms with Crippen LogP contribution in [0.4, 0.5) is 24.7 Å². The first-order valence-electron chi connectivity index (χ1n) is 11.5. The first-order chi connectivity index (χ1) is 16.4. The molecule has 2 fully saturated rings. The number of nitrogens with zero attached hydrogens (tertiary/aromatic N) is 5. The predicted molar refractivity (Wildman–Crippen MR) is 122 cm³/mol. The molecule has 0 aliphatic carbocycles. The summed E-state index contributed by atoms with van der Waals surface area (Å²) in [7, 11) is 1.86. The third-order valence-electron chi connectivity index (χ3n) is 6.45. The van der Waals surface area contributed by atoms with E-state index in [1.807, 2.05) is 31.3 Å². The van der Waals surface area contributed by atoms with Gasteiger partial charge in [-0.3, -0.25) is 4.90 Å². The van der Waals surface area contributed by atoms with Crippen molar-refractivity contribution in [3.8, 4) is 11.4 Å². The topological polar surface area (TPSA) is 79.5 Å². The Morgan fingerprint density at radius 1 is 1.03 bits per heavy atom. The summed E-state index contributed by atoms with van der Waals surface area (Å²) in [5.41, 5.74) is 3.70. The number of likely N-dealkylation sites (tertiary alicyclic amines) is 1. The summed E-state index contributed by atoms with van der Waals surface area (Å²) in [6.07, 6.45) is -3.05. The van der Waals surface area contributed by atoms with Crippen molar-refractivity contribution in [3.63, 3.8) is 0 Å². The van der Waals surface area contributed by atoms with Crippen LogP contribution in [0.25, 0.3) is 22.5 Å². The van der Waals surface area contributed by atoms with Crippen molar-refractivity contribution in [1.82, 2.24) is 20.0 Å². The van der Waals surface area contributed by atoms with Crippen molar-refractivity contribution in [3.05, 3.63) is 30.0 Å². The van der Waals surface area contributed by atoms with Gasteiger partial charge in [-0.25, -0.2) is 9.97 Å². The van der Waals surface area contributed by atoms with Crippen molar-refractivity contribution >= 4 is 22.6 Å². The van der Waals surface area contributed by atoms with Gasteiger partial charge < -0.3 is 19.5 Å². The molecule has 2 aromatic heterocycles. The number of alkyl halides is 3. The fourth-order valence-electron chi connectivity index (χ4n) is 4.62. The van der Waals surface area contributed by atoms with Crippen LogP contribution in [-0.4, -0.2) is 79.2 Å². The molecule has 0 atom stereocenters. The maximum absolute atomic E-state index is 12.8.